The largest absolute Gasteiger partial charge is 0.0622 e. The summed E-state index contributed by atoms with van der Waals surface area (Å²) < 4.78 is 0. The number of fused-ring (bicyclic) bond motifs is 11. The van der Waals surface area contributed by atoms with Gasteiger partial charge in [0.1, 0.15) is 0 Å². The Morgan fingerprint density at radius 2 is 0.712 bits per heavy atom. The molecule has 0 heteroatoms. The number of hydrogen-bond donors (Lipinski definition) is 0. The van der Waals surface area contributed by atoms with Crippen LogP contribution in [0.5, 0.6) is 0 Å². The van der Waals surface area contributed by atoms with Gasteiger partial charge in [0.2, 0.25) is 0 Å². The van der Waals surface area contributed by atoms with Crippen LogP contribution >= 0.6 is 0 Å². The Balaban J connectivity index is 1.00. The van der Waals surface area contributed by atoms with Gasteiger partial charge in [-0.1, -0.05) is 187 Å². The van der Waals surface area contributed by atoms with Crippen molar-refractivity contribution >= 4 is 21.5 Å². The second kappa shape index (κ2) is 11.8. The first-order valence-corrected chi connectivity index (χ1v) is 21.3. The van der Waals surface area contributed by atoms with E-state index in [0.717, 1.165) is 0 Å². The van der Waals surface area contributed by atoms with Gasteiger partial charge in [-0.05, 0) is 146 Å². The molecule has 59 heavy (non-hydrogen) atoms. The fourth-order valence-electron chi connectivity index (χ4n) is 11.7. The van der Waals surface area contributed by atoms with Crippen molar-refractivity contribution in [3.05, 3.63) is 203 Å². The average Bonchev–Trinajstić information content (AvgIpc) is 3.74. The minimum Gasteiger partial charge on any atom is -0.0622 e. The van der Waals surface area contributed by atoms with E-state index < -0.39 is 0 Å². The van der Waals surface area contributed by atoms with Crippen molar-refractivity contribution in [2.75, 3.05) is 0 Å². The van der Waals surface area contributed by atoms with Gasteiger partial charge in [-0.3, -0.25) is 0 Å². The smallest absolute Gasteiger partial charge is 0.0165 e. The van der Waals surface area contributed by atoms with Crippen LogP contribution in [-0.2, 0) is 16.2 Å². The number of hydrogen-bond acceptors (Lipinski definition) is 0. The van der Waals surface area contributed by atoms with Gasteiger partial charge >= 0.3 is 0 Å². The zero-order valence-electron chi connectivity index (χ0n) is 34.7. The minimum absolute atomic E-state index is 0.0304. The molecule has 0 atom stereocenters. The molecule has 9 aromatic rings. The van der Waals surface area contributed by atoms with E-state index in [1.54, 1.807) is 0 Å². The molecule has 0 unspecified atom stereocenters. The monoisotopic (exact) mass is 754 g/mol. The van der Waals surface area contributed by atoms with Crippen LogP contribution in [0.3, 0.4) is 0 Å². The molecule has 3 aliphatic rings. The molecule has 0 aliphatic heterocycles. The molecule has 0 saturated carbocycles. The molecule has 282 valence electrons. The fraction of sp³-hybridized carbons (Fsp3) is 0.153. The number of rotatable bonds is 3. The lowest BCUT2D eigenvalue weighted by Gasteiger charge is -2.26. The van der Waals surface area contributed by atoms with Crippen LogP contribution in [0.25, 0.3) is 88.3 Å². The summed E-state index contributed by atoms with van der Waals surface area (Å²) in [6.07, 6.45) is 0. The maximum Gasteiger partial charge on any atom is 0.0165 e. The average molecular weight is 755 g/mol. The third kappa shape index (κ3) is 4.55. The van der Waals surface area contributed by atoms with Crippen molar-refractivity contribution in [3.8, 4) is 66.8 Å². The van der Waals surface area contributed by atoms with Crippen molar-refractivity contribution in [1.29, 1.82) is 0 Å². The van der Waals surface area contributed by atoms with Crippen LogP contribution in [0, 0.1) is 0 Å². The zero-order valence-corrected chi connectivity index (χ0v) is 34.7. The Labute approximate surface area is 347 Å². The molecule has 0 fully saturated rings. The molecule has 0 aromatic heterocycles. The van der Waals surface area contributed by atoms with Crippen LogP contribution in [0.1, 0.15) is 74.9 Å². The van der Waals surface area contributed by atoms with Crippen LogP contribution < -0.4 is 0 Å². The molecule has 0 amide bonds. The normalized spacial score (nSPS) is 15.7. The molecule has 0 spiro atoms. The van der Waals surface area contributed by atoms with E-state index >= 15 is 0 Å². The van der Waals surface area contributed by atoms with E-state index in [-0.39, 0.29) is 16.2 Å². The summed E-state index contributed by atoms with van der Waals surface area (Å²) in [4.78, 5) is 0. The second-order valence-corrected chi connectivity index (χ2v) is 18.8. The van der Waals surface area contributed by atoms with Gasteiger partial charge < -0.3 is 0 Å². The van der Waals surface area contributed by atoms with E-state index in [4.69, 9.17) is 0 Å². The second-order valence-electron chi connectivity index (χ2n) is 18.8. The predicted molar refractivity (Wildman–Crippen MR) is 250 cm³/mol. The molecule has 0 saturated heterocycles. The van der Waals surface area contributed by atoms with Gasteiger partial charge in [-0.15, -0.1) is 0 Å². The highest BCUT2D eigenvalue weighted by Gasteiger charge is 2.43. The summed E-state index contributed by atoms with van der Waals surface area (Å²) in [5.74, 6) is 0. The van der Waals surface area contributed by atoms with Crippen LogP contribution in [0.4, 0.5) is 0 Å². The Hall–Kier alpha value is -6.50. The zero-order chi connectivity index (χ0) is 40.0. The van der Waals surface area contributed by atoms with Gasteiger partial charge in [0, 0.05) is 16.2 Å². The third-order valence-electron chi connectivity index (χ3n) is 14.6. The molecule has 9 aromatic carbocycles. The van der Waals surface area contributed by atoms with Gasteiger partial charge in [0.25, 0.3) is 0 Å². The molecule has 3 aliphatic carbocycles. The molecule has 12 rings (SSSR count). The molecule has 0 N–H and O–H groups in total. The van der Waals surface area contributed by atoms with E-state index in [1.807, 2.05) is 0 Å². The summed E-state index contributed by atoms with van der Waals surface area (Å²) in [7, 11) is 0. The number of benzene rings is 9. The third-order valence-corrected chi connectivity index (χ3v) is 14.6. The Morgan fingerprint density at radius 3 is 1.39 bits per heavy atom. The molecule has 0 nitrogen and oxygen atoms in total. The molecule has 0 radical (unpaired) electrons. The van der Waals surface area contributed by atoms with Crippen molar-refractivity contribution in [1.82, 2.24) is 0 Å². The van der Waals surface area contributed by atoms with Gasteiger partial charge in [0.15, 0.2) is 0 Å². The van der Waals surface area contributed by atoms with Gasteiger partial charge in [-0.2, -0.15) is 0 Å². The van der Waals surface area contributed by atoms with Crippen molar-refractivity contribution < 1.29 is 0 Å². The van der Waals surface area contributed by atoms with Gasteiger partial charge in [-0.25, -0.2) is 0 Å². The van der Waals surface area contributed by atoms with E-state index in [9.17, 15) is 0 Å². The van der Waals surface area contributed by atoms with Crippen molar-refractivity contribution in [2.24, 2.45) is 0 Å². The summed E-state index contributed by atoms with van der Waals surface area (Å²) in [6.45, 7) is 14.5. The highest BCUT2D eigenvalue weighted by molar-refractivity contribution is 6.21. The lowest BCUT2D eigenvalue weighted by molar-refractivity contribution is 0.652. The van der Waals surface area contributed by atoms with Gasteiger partial charge in [0.05, 0.1) is 0 Å². The maximum atomic E-state index is 2.53. The summed E-state index contributed by atoms with van der Waals surface area (Å²) in [6, 6.07) is 64.5. The Kier molecular flexibility index (Phi) is 6.91. The first-order chi connectivity index (χ1) is 28.5. The molecule has 0 bridgehead atoms. The topological polar surface area (TPSA) is 0 Å². The molecular formula is C59H46. The van der Waals surface area contributed by atoms with E-state index in [0.29, 0.717) is 0 Å². The predicted octanol–water partition coefficient (Wildman–Crippen LogP) is 15.9. The van der Waals surface area contributed by atoms with E-state index in [2.05, 4.69) is 211 Å². The standard InChI is InChI=1S/C59H46/c1-57(2)49-26-15-14-19-39(49)47-33-53-48(34-52(47)57)45-25-16-24-38(56(45)59(53,5)6)36-28-30-50-46(31-36)40-29-27-37(32-51(40)58(50,3)4)55-43-22-12-10-20-41(43)54(35-17-8-7-9-18-35)42-21-11-13-23-44(42)55/h7-34H,1-6H3. The first kappa shape index (κ1) is 34.5. The lowest BCUT2D eigenvalue weighted by Crippen LogP contribution is -2.17. The van der Waals surface area contributed by atoms with Crippen LogP contribution in [-0.4, -0.2) is 0 Å². The fourth-order valence-corrected chi connectivity index (χ4v) is 11.7. The highest BCUT2D eigenvalue weighted by Crippen LogP contribution is 2.58. The van der Waals surface area contributed by atoms with Crippen molar-refractivity contribution in [2.45, 2.75) is 57.8 Å². The van der Waals surface area contributed by atoms with E-state index in [1.165, 1.54) is 122 Å². The quantitative estimate of drug-likeness (QED) is 0.158. The summed E-state index contributed by atoms with van der Waals surface area (Å²) in [5.41, 5.74) is 24.2. The lowest BCUT2D eigenvalue weighted by atomic mass is 9.77. The Bertz CT molecular complexity index is 3220. The SMILES string of the molecule is CC1(C)c2ccc(-c3cccc4c3C(C)(C)c3cc5c(cc3-4)C(C)(C)c3ccccc3-5)cc2-c2ccc(-c3c4ccccc4c(-c4ccccc4)c4ccccc34)cc21. The highest BCUT2D eigenvalue weighted by atomic mass is 14.5. The maximum absolute atomic E-state index is 2.53. The first-order valence-electron chi connectivity index (χ1n) is 21.3. The van der Waals surface area contributed by atoms with Crippen LogP contribution in [0.15, 0.2) is 170 Å². The van der Waals surface area contributed by atoms with Crippen molar-refractivity contribution in [3.63, 3.8) is 0 Å². The summed E-state index contributed by atoms with van der Waals surface area (Å²) >= 11 is 0. The minimum atomic E-state index is -0.148. The molecular weight excluding hydrogens is 709 g/mol. The Morgan fingerprint density at radius 1 is 0.254 bits per heavy atom. The van der Waals surface area contributed by atoms with Crippen LogP contribution in [0.2, 0.25) is 0 Å². The molecule has 0 heterocycles. The summed E-state index contributed by atoms with van der Waals surface area (Å²) in [5, 5.41) is 5.16.